The molecule has 2 N–H and O–H groups in total. The third kappa shape index (κ3) is 3.43. The number of hydrogen-bond donors (Lipinski definition) is 2. The average Bonchev–Trinajstić information content (AvgIpc) is 2.29. The molecule has 0 saturated heterocycles. The Morgan fingerprint density at radius 2 is 1.81 bits per heavy atom. The molecule has 5 heteroatoms. The Hall–Kier alpha value is -1.20. The fourth-order valence-corrected chi connectivity index (χ4v) is 1.43. The first kappa shape index (κ1) is 12.9. The minimum Gasteiger partial charge on any atom is -0.395 e. The number of rotatable bonds is 6. The number of aliphatic hydroxyl groups excluding tert-OH is 2. The summed E-state index contributed by atoms with van der Waals surface area (Å²) in [6.07, 6.45) is 1.52. The Morgan fingerprint density at radius 3 is 2.31 bits per heavy atom. The molecule has 0 unspecified atom stereocenters. The Labute approximate surface area is 95.8 Å². The Bertz CT molecular complexity index is 312. The molecular weight excluding hydrogens is 206 g/mol. The molecule has 1 aromatic rings. The van der Waals surface area contributed by atoms with Crippen molar-refractivity contribution in [3.63, 3.8) is 0 Å². The lowest BCUT2D eigenvalue weighted by molar-refractivity contribution is 0.280. The highest BCUT2D eigenvalue weighted by atomic mass is 16.3. The van der Waals surface area contributed by atoms with Gasteiger partial charge in [0.1, 0.15) is 12.1 Å². The minimum atomic E-state index is 0.0427. The first-order chi connectivity index (χ1) is 7.69. The van der Waals surface area contributed by atoms with Crippen LogP contribution in [0.5, 0.6) is 0 Å². The number of hydrogen-bond acceptors (Lipinski definition) is 5. The zero-order chi connectivity index (χ0) is 12.0. The summed E-state index contributed by atoms with van der Waals surface area (Å²) < 4.78 is 0. The minimum absolute atomic E-state index is 0.0427. The van der Waals surface area contributed by atoms with Gasteiger partial charge in [-0.15, -0.1) is 0 Å². The second-order valence-corrected chi connectivity index (χ2v) is 3.89. The highest BCUT2D eigenvalue weighted by Gasteiger charge is 2.09. The van der Waals surface area contributed by atoms with Crippen LogP contribution in [0, 0.1) is 0 Å². The fourth-order valence-electron chi connectivity index (χ4n) is 1.43. The summed E-state index contributed by atoms with van der Waals surface area (Å²) in [6.45, 7) is 5.15. The van der Waals surface area contributed by atoms with Crippen LogP contribution < -0.4 is 4.90 Å². The van der Waals surface area contributed by atoms with Gasteiger partial charge in [0.15, 0.2) is 0 Å². The maximum absolute atomic E-state index is 8.94. The van der Waals surface area contributed by atoms with Crippen molar-refractivity contribution in [3.05, 3.63) is 18.1 Å². The number of anilines is 1. The van der Waals surface area contributed by atoms with E-state index in [9.17, 15) is 0 Å². The molecule has 0 radical (unpaired) electrons. The van der Waals surface area contributed by atoms with Crippen LogP contribution in [0.1, 0.15) is 25.5 Å². The van der Waals surface area contributed by atoms with Gasteiger partial charge in [0.25, 0.3) is 0 Å². The lowest BCUT2D eigenvalue weighted by Gasteiger charge is -2.22. The second kappa shape index (κ2) is 6.40. The highest BCUT2D eigenvalue weighted by Crippen LogP contribution is 2.16. The molecule has 0 aliphatic heterocycles. The van der Waals surface area contributed by atoms with E-state index in [4.69, 9.17) is 10.2 Å². The summed E-state index contributed by atoms with van der Waals surface area (Å²) in [6, 6.07) is 1.90. The van der Waals surface area contributed by atoms with E-state index in [0.29, 0.717) is 19.0 Å². The maximum atomic E-state index is 8.94. The van der Waals surface area contributed by atoms with Crippen LogP contribution >= 0.6 is 0 Å². The van der Waals surface area contributed by atoms with Crippen LogP contribution in [0.25, 0.3) is 0 Å². The van der Waals surface area contributed by atoms with Gasteiger partial charge in [-0.25, -0.2) is 9.97 Å². The molecule has 1 rings (SSSR count). The third-order valence-corrected chi connectivity index (χ3v) is 2.33. The van der Waals surface area contributed by atoms with Crippen LogP contribution in [0.2, 0.25) is 0 Å². The molecule has 0 atom stereocenters. The van der Waals surface area contributed by atoms with Crippen LogP contribution in [0.15, 0.2) is 12.4 Å². The monoisotopic (exact) mass is 225 g/mol. The summed E-state index contributed by atoms with van der Waals surface area (Å²) in [5.41, 5.74) is 0.964. The van der Waals surface area contributed by atoms with Gasteiger partial charge in [-0.05, 0) is 5.92 Å². The fraction of sp³-hybridized carbons (Fsp3) is 0.636. The quantitative estimate of drug-likeness (QED) is 0.733. The number of nitrogens with zero attached hydrogens (tertiary/aromatic N) is 3. The average molecular weight is 225 g/mol. The first-order valence-corrected chi connectivity index (χ1v) is 5.47. The van der Waals surface area contributed by atoms with E-state index in [2.05, 4.69) is 23.8 Å². The standard InChI is InChI=1S/C11H19N3O2/c1-9(2)10-7-11(13-8-12-10)14(3-5-15)4-6-16/h7-9,15-16H,3-6H2,1-2H3. The summed E-state index contributed by atoms with van der Waals surface area (Å²) in [5, 5.41) is 17.9. The SMILES string of the molecule is CC(C)c1cc(N(CCO)CCO)ncn1. The molecular formula is C11H19N3O2. The van der Waals surface area contributed by atoms with Crippen molar-refractivity contribution in [2.24, 2.45) is 0 Å². The van der Waals surface area contributed by atoms with E-state index in [1.165, 1.54) is 6.33 Å². The molecule has 16 heavy (non-hydrogen) atoms. The number of aromatic nitrogens is 2. The van der Waals surface area contributed by atoms with Crippen LogP contribution in [0.4, 0.5) is 5.82 Å². The smallest absolute Gasteiger partial charge is 0.132 e. The van der Waals surface area contributed by atoms with Gasteiger partial charge in [0, 0.05) is 24.8 Å². The molecule has 0 spiro atoms. The zero-order valence-electron chi connectivity index (χ0n) is 9.80. The molecule has 0 saturated carbocycles. The highest BCUT2D eigenvalue weighted by molar-refractivity contribution is 5.39. The maximum Gasteiger partial charge on any atom is 0.132 e. The van der Waals surface area contributed by atoms with Gasteiger partial charge in [-0.3, -0.25) is 0 Å². The van der Waals surface area contributed by atoms with Gasteiger partial charge < -0.3 is 15.1 Å². The Morgan fingerprint density at radius 1 is 1.19 bits per heavy atom. The van der Waals surface area contributed by atoms with Gasteiger partial charge in [0.05, 0.1) is 13.2 Å². The molecule has 0 aliphatic rings. The molecule has 0 bridgehead atoms. The molecule has 0 aliphatic carbocycles. The van der Waals surface area contributed by atoms with Gasteiger partial charge in [0.2, 0.25) is 0 Å². The molecule has 0 aromatic carbocycles. The summed E-state index contributed by atoms with van der Waals surface area (Å²) >= 11 is 0. The molecule has 0 fully saturated rings. The third-order valence-electron chi connectivity index (χ3n) is 2.33. The predicted octanol–water partition coefficient (Wildman–Crippen LogP) is 0.391. The largest absolute Gasteiger partial charge is 0.395 e. The predicted molar refractivity (Wildman–Crippen MR) is 62.5 cm³/mol. The van der Waals surface area contributed by atoms with E-state index in [0.717, 1.165) is 11.5 Å². The van der Waals surface area contributed by atoms with Gasteiger partial charge >= 0.3 is 0 Å². The van der Waals surface area contributed by atoms with E-state index in [-0.39, 0.29) is 13.2 Å². The zero-order valence-corrected chi connectivity index (χ0v) is 9.80. The van der Waals surface area contributed by atoms with E-state index >= 15 is 0 Å². The summed E-state index contributed by atoms with van der Waals surface area (Å²) in [5.74, 6) is 1.09. The van der Waals surface area contributed by atoms with Gasteiger partial charge in [-0.1, -0.05) is 13.8 Å². The first-order valence-electron chi connectivity index (χ1n) is 5.47. The van der Waals surface area contributed by atoms with Crippen LogP contribution in [0.3, 0.4) is 0 Å². The van der Waals surface area contributed by atoms with E-state index < -0.39 is 0 Å². The van der Waals surface area contributed by atoms with Crippen molar-refractivity contribution >= 4 is 5.82 Å². The Kier molecular flexibility index (Phi) is 5.14. The van der Waals surface area contributed by atoms with E-state index in [1.54, 1.807) is 0 Å². The van der Waals surface area contributed by atoms with Crippen molar-refractivity contribution in [2.45, 2.75) is 19.8 Å². The van der Waals surface area contributed by atoms with Crippen molar-refractivity contribution in [3.8, 4) is 0 Å². The Balaban J connectivity index is 2.86. The van der Waals surface area contributed by atoms with E-state index in [1.807, 2.05) is 11.0 Å². The van der Waals surface area contributed by atoms with Crippen LogP contribution in [-0.4, -0.2) is 46.5 Å². The van der Waals surface area contributed by atoms with Gasteiger partial charge in [-0.2, -0.15) is 0 Å². The molecule has 0 amide bonds. The van der Waals surface area contributed by atoms with Crippen LogP contribution in [-0.2, 0) is 0 Å². The van der Waals surface area contributed by atoms with Crippen molar-refractivity contribution in [2.75, 3.05) is 31.2 Å². The molecule has 1 aromatic heterocycles. The summed E-state index contributed by atoms with van der Waals surface area (Å²) in [7, 11) is 0. The second-order valence-electron chi connectivity index (χ2n) is 3.89. The summed E-state index contributed by atoms with van der Waals surface area (Å²) in [4.78, 5) is 10.2. The molecule has 5 nitrogen and oxygen atoms in total. The normalized spacial score (nSPS) is 10.8. The number of aliphatic hydroxyl groups is 2. The van der Waals surface area contributed by atoms with Crippen molar-refractivity contribution in [1.29, 1.82) is 0 Å². The molecule has 90 valence electrons. The topological polar surface area (TPSA) is 69.5 Å². The lowest BCUT2D eigenvalue weighted by atomic mass is 10.1. The van der Waals surface area contributed by atoms with Crippen molar-refractivity contribution < 1.29 is 10.2 Å². The molecule has 1 heterocycles. The van der Waals surface area contributed by atoms with Crippen molar-refractivity contribution in [1.82, 2.24) is 9.97 Å². The lowest BCUT2D eigenvalue weighted by Crippen LogP contribution is -2.30.